The Labute approximate surface area is 93.3 Å². The first-order chi connectivity index (χ1) is 7.61. The van der Waals surface area contributed by atoms with Crippen LogP contribution in [0.25, 0.3) is 0 Å². The molecule has 1 aliphatic carbocycles. The topological polar surface area (TPSA) is 49.3 Å². The molecule has 2 atom stereocenters. The van der Waals surface area contributed by atoms with E-state index < -0.39 is 11.7 Å². The highest BCUT2D eigenvalue weighted by molar-refractivity contribution is 5.95. The maximum absolute atomic E-state index is 13.3. The number of halogens is 1. The number of aromatic hydroxyl groups is 1. The Morgan fingerprint density at radius 2 is 2.38 bits per heavy atom. The van der Waals surface area contributed by atoms with Crippen LogP contribution in [0.15, 0.2) is 18.2 Å². The van der Waals surface area contributed by atoms with Crippen molar-refractivity contribution < 1.29 is 14.3 Å². The Morgan fingerprint density at radius 3 is 2.94 bits per heavy atom. The van der Waals surface area contributed by atoms with E-state index in [0.29, 0.717) is 5.92 Å². The Morgan fingerprint density at radius 1 is 1.62 bits per heavy atom. The molecule has 1 aromatic carbocycles. The summed E-state index contributed by atoms with van der Waals surface area (Å²) in [5, 5.41) is 11.8. The number of hydrogen-bond donors (Lipinski definition) is 2. The van der Waals surface area contributed by atoms with Crippen molar-refractivity contribution in [2.75, 3.05) is 0 Å². The second-order valence-electron chi connectivity index (χ2n) is 4.15. The molecular weight excluding hydrogens is 209 g/mol. The van der Waals surface area contributed by atoms with Crippen LogP contribution < -0.4 is 5.32 Å². The molecule has 16 heavy (non-hydrogen) atoms. The highest BCUT2D eigenvalue weighted by atomic mass is 19.1. The third-order valence-electron chi connectivity index (χ3n) is 2.96. The number of nitrogens with one attached hydrogen (secondary N) is 1. The van der Waals surface area contributed by atoms with Crippen molar-refractivity contribution in [1.82, 2.24) is 5.32 Å². The van der Waals surface area contributed by atoms with Gasteiger partial charge in [0, 0.05) is 12.1 Å². The Bertz CT molecular complexity index is 419. The molecule has 2 N–H and O–H groups in total. The normalized spacial score (nSPS) is 22.9. The Balaban J connectivity index is 2.04. The van der Waals surface area contributed by atoms with Crippen LogP contribution in [0.4, 0.5) is 4.39 Å². The van der Waals surface area contributed by atoms with Gasteiger partial charge in [0.2, 0.25) is 0 Å². The summed E-state index contributed by atoms with van der Waals surface area (Å²) in [5.41, 5.74) is -0.0143. The van der Waals surface area contributed by atoms with Crippen molar-refractivity contribution >= 4 is 5.91 Å². The van der Waals surface area contributed by atoms with Crippen LogP contribution in [0, 0.1) is 11.7 Å². The molecule has 0 heterocycles. The molecule has 0 radical (unpaired) electrons. The molecule has 86 valence electrons. The lowest BCUT2D eigenvalue weighted by Gasteiger charge is -2.05. The quantitative estimate of drug-likeness (QED) is 0.824. The third kappa shape index (κ3) is 2.15. The standard InChI is InChI=1S/C12H14FNO2/c1-2-7-5-11(7)14-12(16)9-4-3-8(15)6-10(9)13/h3-4,6-7,11,15H,2,5H2,1H3,(H,14,16). The summed E-state index contributed by atoms with van der Waals surface area (Å²) in [4.78, 5) is 11.7. The van der Waals surface area contributed by atoms with Crippen LogP contribution in [-0.2, 0) is 0 Å². The minimum atomic E-state index is -0.689. The zero-order valence-corrected chi connectivity index (χ0v) is 9.03. The van der Waals surface area contributed by atoms with Gasteiger partial charge in [-0.25, -0.2) is 4.39 Å². The van der Waals surface area contributed by atoms with Gasteiger partial charge in [0.25, 0.3) is 5.91 Å². The monoisotopic (exact) mass is 223 g/mol. The van der Waals surface area contributed by atoms with Gasteiger partial charge in [0.15, 0.2) is 0 Å². The molecule has 1 fully saturated rings. The molecule has 2 rings (SSSR count). The van der Waals surface area contributed by atoms with Crippen LogP contribution in [0.5, 0.6) is 5.75 Å². The second-order valence-corrected chi connectivity index (χ2v) is 4.15. The first kappa shape index (κ1) is 10.9. The number of carbonyl (C=O) groups excluding carboxylic acids is 1. The largest absolute Gasteiger partial charge is 0.508 e. The lowest BCUT2D eigenvalue weighted by atomic mass is 10.2. The van der Waals surface area contributed by atoms with Gasteiger partial charge in [-0.2, -0.15) is 0 Å². The van der Waals surface area contributed by atoms with Crippen molar-refractivity contribution in [3.8, 4) is 5.75 Å². The summed E-state index contributed by atoms with van der Waals surface area (Å²) in [5.74, 6) is -0.735. The van der Waals surface area contributed by atoms with Gasteiger partial charge >= 0.3 is 0 Å². The van der Waals surface area contributed by atoms with Gasteiger partial charge in [-0.3, -0.25) is 4.79 Å². The molecule has 1 amide bonds. The van der Waals surface area contributed by atoms with Crippen molar-refractivity contribution in [3.63, 3.8) is 0 Å². The van der Waals surface area contributed by atoms with Crippen molar-refractivity contribution in [3.05, 3.63) is 29.6 Å². The Kier molecular flexibility index (Phi) is 2.81. The van der Waals surface area contributed by atoms with Crippen molar-refractivity contribution in [2.45, 2.75) is 25.8 Å². The molecule has 0 spiro atoms. The van der Waals surface area contributed by atoms with E-state index in [0.717, 1.165) is 18.9 Å². The smallest absolute Gasteiger partial charge is 0.254 e. The number of benzene rings is 1. The number of phenolic OH excluding ortho intramolecular Hbond substituents is 1. The maximum Gasteiger partial charge on any atom is 0.254 e. The minimum absolute atomic E-state index is 0.0143. The van der Waals surface area contributed by atoms with E-state index in [4.69, 9.17) is 5.11 Å². The maximum atomic E-state index is 13.3. The summed E-state index contributed by atoms with van der Waals surface area (Å²) >= 11 is 0. The molecule has 0 saturated heterocycles. The van der Waals surface area contributed by atoms with Crippen LogP contribution in [0.1, 0.15) is 30.1 Å². The number of amides is 1. The predicted octanol–water partition coefficient (Wildman–Crippen LogP) is 2.06. The van der Waals surface area contributed by atoms with Crippen molar-refractivity contribution in [2.24, 2.45) is 5.92 Å². The molecule has 1 aromatic rings. The van der Waals surface area contributed by atoms with E-state index in [9.17, 15) is 9.18 Å². The van der Waals surface area contributed by atoms with Gasteiger partial charge < -0.3 is 10.4 Å². The first-order valence-corrected chi connectivity index (χ1v) is 5.41. The van der Waals surface area contributed by atoms with Gasteiger partial charge in [-0.15, -0.1) is 0 Å². The van der Waals surface area contributed by atoms with E-state index in [1.165, 1.54) is 12.1 Å². The van der Waals surface area contributed by atoms with E-state index in [2.05, 4.69) is 12.2 Å². The van der Waals surface area contributed by atoms with Gasteiger partial charge in [0.1, 0.15) is 11.6 Å². The molecule has 0 bridgehead atoms. The van der Waals surface area contributed by atoms with Gasteiger partial charge in [-0.05, 0) is 24.5 Å². The summed E-state index contributed by atoms with van der Waals surface area (Å²) in [6.45, 7) is 2.07. The first-order valence-electron chi connectivity index (χ1n) is 5.41. The average Bonchev–Trinajstić information content (AvgIpc) is 2.96. The molecule has 4 heteroatoms. The van der Waals surface area contributed by atoms with Crippen LogP contribution >= 0.6 is 0 Å². The number of phenols is 1. The van der Waals surface area contributed by atoms with E-state index in [1.807, 2.05) is 0 Å². The molecule has 1 aliphatic rings. The number of rotatable bonds is 3. The lowest BCUT2D eigenvalue weighted by Crippen LogP contribution is -2.27. The average molecular weight is 223 g/mol. The summed E-state index contributed by atoms with van der Waals surface area (Å²) in [7, 11) is 0. The fraction of sp³-hybridized carbons (Fsp3) is 0.417. The predicted molar refractivity (Wildman–Crippen MR) is 57.7 cm³/mol. The molecular formula is C12H14FNO2. The van der Waals surface area contributed by atoms with Crippen LogP contribution in [0.3, 0.4) is 0 Å². The highest BCUT2D eigenvalue weighted by Crippen LogP contribution is 2.33. The molecule has 2 unspecified atom stereocenters. The van der Waals surface area contributed by atoms with E-state index in [-0.39, 0.29) is 17.4 Å². The zero-order valence-electron chi connectivity index (χ0n) is 9.03. The molecule has 3 nitrogen and oxygen atoms in total. The summed E-state index contributed by atoms with van der Waals surface area (Å²) in [6.07, 6.45) is 2.00. The third-order valence-corrected chi connectivity index (χ3v) is 2.96. The van der Waals surface area contributed by atoms with Crippen LogP contribution in [-0.4, -0.2) is 17.1 Å². The number of carbonyl (C=O) groups is 1. The van der Waals surface area contributed by atoms with Gasteiger partial charge in [0.05, 0.1) is 5.56 Å². The fourth-order valence-electron chi connectivity index (χ4n) is 1.81. The zero-order chi connectivity index (χ0) is 11.7. The summed E-state index contributed by atoms with van der Waals surface area (Å²) < 4.78 is 13.3. The van der Waals surface area contributed by atoms with Gasteiger partial charge in [-0.1, -0.05) is 13.3 Å². The Hall–Kier alpha value is -1.58. The van der Waals surface area contributed by atoms with E-state index in [1.54, 1.807) is 0 Å². The minimum Gasteiger partial charge on any atom is -0.508 e. The molecule has 1 saturated carbocycles. The van der Waals surface area contributed by atoms with Crippen LogP contribution in [0.2, 0.25) is 0 Å². The highest BCUT2D eigenvalue weighted by Gasteiger charge is 2.36. The SMILES string of the molecule is CCC1CC1NC(=O)c1ccc(O)cc1F. The van der Waals surface area contributed by atoms with Crippen molar-refractivity contribution in [1.29, 1.82) is 0 Å². The fourth-order valence-corrected chi connectivity index (χ4v) is 1.81. The summed E-state index contributed by atoms with van der Waals surface area (Å²) in [6, 6.07) is 3.73. The lowest BCUT2D eigenvalue weighted by molar-refractivity contribution is 0.0945. The second kappa shape index (κ2) is 4.12. The molecule has 0 aliphatic heterocycles. The van der Waals surface area contributed by atoms with E-state index >= 15 is 0 Å². The molecule has 0 aromatic heterocycles. The number of hydrogen-bond acceptors (Lipinski definition) is 2.